The lowest BCUT2D eigenvalue weighted by molar-refractivity contribution is 0.897. The van der Waals surface area contributed by atoms with Crippen LogP contribution in [-0.2, 0) is 0 Å². The Morgan fingerprint density at radius 3 is 2.76 bits per heavy atom. The molecule has 2 aromatic rings. The van der Waals surface area contributed by atoms with Crippen LogP contribution in [0, 0.1) is 13.8 Å². The number of halogens is 1. The van der Waals surface area contributed by atoms with E-state index in [-0.39, 0.29) is 0 Å². The predicted octanol–water partition coefficient (Wildman–Crippen LogP) is 2.62. The van der Waals surface area contributed by atoms with E-state index in [1.54, 1.807) is 12.4 Å². The Hall–Kier alpha value is -1.81. The van der Waals surface area contributed by atoms with Crippen LogP contribution in [0.5, 0.6) is 0 Å². The number of anilines is 1. The Bertz CT molecular complexity index is 572. The molecule has 0 unspecified atom stereocenters. The lowest BCUT2D eigenvalue weighted by Crippen LogP contribution is -1.97. The number of nitrogens with two attached hydrogens (primary N) is 1. The van der Waals surface area contributed by atoms with Crippen molar-refractivity contribution in [3.63, 3.8) is 0 Å². The van der Waals surface area contributed by atoms with Gasteiger partial charge in [-0.2, -0.15) is 5.10 Å². The summed E-state index contributed by atoms with van der Waals surface area (Å²) in [6.45, 7) is 3.82. The first-order valence-corrected chi connectivity index (χ1v) is 5.56. The van der Waals surface area contributed by atoms with Crippen LogP contribution >= 0.6 is 11.6 Å². The highest BCUT2D eigenvalue weighted by Gasteiger charge is 1.99. The summed E-state index contributed by atoms with van der Waals surface area (Å²) in [4.78, 5) is 4.06. The molecule has 5 heteroatoms. The van der Waals surface area contributed by atoms with Crippen LogP contribution in [0.1, 0.15) is 16.8 Å². The van der Waals surface area contributed by atoms with Crippen LogP contribution in [0.15, 0.2) is 29.5 Å². The SMILES string of the molecule is Cc1cn(N=Cc2ccc(C)c(Cl)c2)c(N)n1. The minimum Gasteiger partial charge on any atom is -0.368 e. The third kappa shape index (κ3) is 2.65. The Labute approximate surface area is 105 Å². The molecule has 0 aliphatic rings. The van der Waals surface area contributed by atoms with Crippen LogP contribution in [0.4, 0.5) is 5.95 Å². The first-order valence-electron chi connectivity index (χ1n) is 5.18. The number of hydrogen-bond donors (Lipinski definition) is 1. The molecule has 17 heavy (non-hydrogen) atoms. The summed E-state index contributed by atoms with van der Waals surface area (Å²) in [5.41, 5.74) is 8.47. The van der Waals surface area contributed by atoms with Gasteiger partial charge in [-0.25, -0.2) is 9.66 Å². The zero-order valence-corrected chi connectivity index (χ0v) is 10.4. The molecular weight excluding hydrogens is 236 g/mol. The van der Waals surface area contributed by atoms with Gasteiger partial charge in [-0.05, 0) is 31.0 Å². The van der Waals surface area contributed by atoms with E-state index < -0.39 is 0 Å². The fourth-order valence-corrected chi connectivity index (χ4v) is 1.60. The molecule has 0 atom stereocenters. The van der Waals surface area contributed by atoms with Crippen LogP contribution in [0.2, 0.25) is 5.02 Å². The molecule has 2 rings (SSSR count). The van der Waals surface area contributed by atoms with Gasteiger partial charge in [-0.15, -0.1) is 0 Å². The normalized spacial score (nSPS) is 11.2. The smallest absolute Gasteiger partial charge is 0.221 e. The van der Waals surface area contributed by atoms with Gasteiger partial charge in [0.05, 0.1) is 18.1 Å². The molecule has 88 valence electrons. The van der Waals surface area contributed by atoms with Crippen molar-refractivity contribution in [2.75, 3.05) is 5.73 Å². The average molecular weight is 249 g/mol. The van der Waals surface area contributed by atoms with Gasteiger partial charge in [0.15, 0.2) is 0 Å². The molecule has 0 saturated carbocycles. The number of aromatic nitrogens is 2. The van der Waals surface area contributed by atoms with Gasteiger partial charge in [-0.3, -0.25) is 0 Å². The number of imidazole rings is 1. The molecule has 0 fully saturated rings. The quantitative estimate of drug-likeness (QED) is 0.831. The second-order valence-electron chi connectivity index (χ2n) is 3.84. The van der Waals surface area contributed by atoms with E-state index >= 15 is 0 Å². The summed E-state index contributed by atoms with van der Waals surface area (Å²) in [6, 6.07) is 5.76. The minimum absolute atomic E-state index is 0.372. The van der Waals surface area contributed by atoms with Crippen molar-refractivity contribution in [3.8, 4) is 0 Å². The molecule has 4 nitrogen and oxygen atoms in total. The standard InChI is InChI=1S/C12H13ClN4/c1-8-3-4-10(5-11(8)13)6-15-17-7-9(2)16-12(17)14/h3-7H,1-2H3,(H2,14,16). The maximum absolute atomic E-state index is 6.03. The number of nitrogens with zero attached hydrogens (tertiary/aromatic N) is 3. The van der Waals surface area contributed by atoms with Crippen molar-refractivity contribution in [2.24, 2.45) is 5.10 Å². The molecule has 1 aromatic heterocycles. The number of rotatable bonds is 2. The van der Waals surface area contributed by atoms with E-state index in [0.29, 0.717) is 5.95 Å². The summed E-state index contributed by atoms with van der Waals surface area (Å²) < 4.78 is 1.53. The summed E-state index contributed by atoms with van der Waals surface area (Å²) in [7, 11) is 0. The highest BCUT2D eigenvalue weighted by molar-refractivity contribution is 6.31. The second kappa shape index (κ2) is 4.59. The second-order valence-corrected chi connectivity index (χ2v) is 4.25. The van der Waals surface area contributed by atoms with E-state index in [2.05, 4.69) is 10.1 Å². The molecule has 0 saturated heterocycles. The fourth-order valence-electron chi connectivity index (χ4n) is 1.41. The number of hydrogen-bond acceptors (Lipinski definition) is 3. The van der Waals surface area contributed by atoms with E-state index in [1.165, 1.54) is 4.68 Å². The fraction of sp³-hybridized carbons (Fsp3) is 0.167. The summed E-state index contributed by atoms with van der Waals surface area (Å²) >= 11 is 6.03. The molecule has 1 heterocycles. The molecule has 0 aliphatic heterocycles. The lowest BCUT2D eigenvalue weighted by atomic mass is 10.2. The lowest BCUT2D eigenvalue weighted by Gasteiger charge is -1.99. The maximum Gasteiger partial charge on any atom is 0.221 e. The minimum atomic E-state index is 0.372. The average Bonchev–Trinajstić information content (AvgIpc) is 2.59. The Kier molecular flexibility index (Phi) is 3.15. The van der Waals surface area contributed by atoms with E-state index in [1.807, 2.05) is 32.0 Å². The van der Waals surface area contributed by atoms with Crippen molar-refractivity contribution >= 4 is 23.8 Å². The monoisotopic (exact) mass is 248 g/mol. The Balaban J connectivity index is 2.26. The van der Waals surface area contributed by atoms with Crippen LogP contribution in [0.25, 0.3) is 0 Å². The highest BCUT2D eigenvalue weighted by Crippen LogP contribution is 2.15. The van der Waals surface area contributed by atoms with Gasteiger partial charge in [-0.1, -0.05) is 23.7 Å². The Morgan fingerprint density at radius 1 is 1.41 bits per heavy atom. The van der Waals surface area contributed by atoms with E-state index in [0.717, 1.165) is 21.8 Å². The first kappa shape index (κ1) is 11.7. The first-order chi connectivity index (χ1) is 8.06. The number of benzene rings is 1. The third-order valence-electron chi connectivity index (χ3n) is 2.36. The van der Waals surface area contributed by atoms with Gasteiger partial charge >= 0.3 is 0 Å². The van der Waals surface area contributed by atoms with Crippen molar-refractivity contribution in [1.29, 1.82) is 0 Å². The highest BCUT2D eigenvalue weighted by atomic mass is 35.5. The van der Waals surface area contributed by atoms with Crippen molar-refractivity contribution < 1.29 is 0 Å². The number of aryl methyl sites for hydroxylation is 2. The molecule has 0 aliphatic carbocycles. The van der Waals surface area contributed by atoms with Crippen molar-refractivity contribution in [3.05, 3.63) is 46.2 Å². The van der Waals surface area contributed by atoms with Gasteiger partial charge in [0, 0.05) is 5.02 Å². The van der Waals surface area contributed by atoms with Crippen molar-refractivity contribution in [1.82, 2.24) is 9.66 Å². The molecule has 0 bridgehead atoms. The van der Waals surface area contributed by atoms with Crippen LogP contribution in [-0.4, -0.2) is 15.9 Å². The topological polar surface area (TPSA) is 56.2 Å². The van der Waals surface area contributed by atoms with Gasteiger partial charge in [0.25, 0.3) is 0 Å². The molecule has 0 spiro atoms. The summed E-state index contributed by atoms with van der Waals surface area (Å²) in [5.74, 6) is 0.372. The van der Waals surface area contributed by atoms with E-state index in [4.69, 9.17) is 17.3 Å². The molecule has 2 N–H and O–H groups in total. The van der Waals surface area contributed by atoms with Crippen LogP contribution in [0.3, 0.4) is 0 Å². The summed E-state index contributed by atoms with van der Waals surface area (Å²) in [6.07, 6.45) is 3.46. The molecule has 1 aromatic carbocycles. The largest absolute Gasteiger partial charge is 0.368 e. The zero-order chi connectivity index (χ0) is 12.4. The zero-order valence-electron chi connectivity index (χ0n) is 9.68. The molecule has 0 amide bonds. The van der Waals surface area contributed by atoms with Crippen molar-refractivity contribution in [2.45, 2.75) is 13.8 Å². The summed E-state index contributed by atoms with van der Waals surface area (Å²) in [5, 5.41) is 4.94. The van der Waals surface area contributed by atoms with Gasteiger partial charge in [0.1, 0.15) is 0 Å². The number of nitrogen functional groups attached to an aromatic ring is 1. The predicted molar refractivity (Wildman–Crippen MR) is 70.6 cm³/mol. The maximum atomic E-state index is 6.03. The Morgan fingerprint density at radius 2 is 2.18 bits per heavy atom. The third-order valence-corrected chi connectivity index (χ3v) is 2.77. The molecule has 0 radical (unpaired) electrons. The van der Waals surface area contributed by atoms with Crippen LogP contribution < -0.4 is 5.73 Å². The van der Waals surface area contributed by atoms with E-state index in [9.17, 15) is 0 Å². The van der Waals surface area contributed by atoms with Gasteiger partial charge in [0.2, 0.25) is 5.95 Å². The molecular formula is C12H13ClN4. The van der Waals surface area contributed by atoms with Gasteiger partial charge < -0.3 is 5.73 Å².